The van der Waals surface area contributed by atoms with Gasteiger partial charge in [0.15, 0.2) is 0 Å². The van der Waals surface area contributed by atoms with Gasteiger partial charge in [-0.25, -0.2) is 0 Å². The van der Waals surface area contributed by atoms with E-state index >= 15 is 0 Å². The molecule has 0 aliphatic carbocycles. The van der Waals surface area contributed by atoms with Crippen molar-refractivity contribution in [3.05, 3.63) is 29.8 Å². The fraction of sp³-hybridized carbons (Fsp3) is 0.533. The van der Waals surface area contributed by atoms with E-state index in [0.717, 1.165) is 18.5 Å². The van der Waals surface area contributed by atoms with Crippen LogP contribution < -0.4 is 10.6 Å². The summed E-state index contributed by atoms with van der Waals surface area (Å²) < 4.78 is 0. The summed E-state index contributed by atoms with van der Waals surface area (Å²) in [7, 11) is 0. The number of fused-ring (bicyclic) bond motifs is 1. The quantitative estimate of drug-likeness (QED) is 0.771. The highest BCUT2D eigenvalue weighted by Crippen LogP contribution is 2.21. The zero-order valence-corrected chi connectivity index (χ0v) is 11.5. The van der Waals surface area contributed by atoms with E-state index in [-0.39, 0.29) is 17.9 Å². The van der Waals surface area contributed by atoms with Gasteiger partial charge in [-0.05, 0) is 30.4 Å². The predicted octanol–water partition coefficient (Wildman–Crippen LogP) is 1.55. The van der Waals surface area contributed by atoms with E-state index in [4.69, 9.17) is 0 Å². The fourth-order valence-corrected chi connectivity index (χ4v) is 2.20. The normalized spacial score (nSPS) is 20.6. The molecule has 1 aromatic carbocycles. The van der Waals surface area contributed by atoms with Crippen LogP contribution in [0, 0.1) is 5.92 Å². The molecule has 0 radical (unpaired) electrons. The summed E-state index contributed by atoms with van der Waals surface area (Å²) in [5, 5.41) is 15.9. The SMILES string of the molecule is CC(C)C(O)CNC1CCc2ccccc2NC1=O. The lowest BCUT2D eigenvalue weighted by Crippen LogP contribution is -2.44. The monoisotopic (exact) mass is 262 g/mol. The molecular formula is C15H22N2O2. The first-order valence-corrected chi connectivity index (χ1v) is 6.88. The minimum absolute atomic E-state index is 0.0130. The van der Waals surface area contributed by atoms with Gasteiger partial charge in [-0.15, -0.1) is 0 Å². The molecule has 2 rings (SSSR count). The number of aliphatic hydroxyl groups excluding tert-OH is 1. The number of benzene rings is 1. The van der Waals surface area contributed by atoms with Crippen LogP contribution in [-0.2, 0) is 11.2 Å². The van der Waals surface area contributed by atoms with Crippen molar-refractivity contribution < 1.29 is 9.90 Å². The van der Waals surface area contributed by atoms with Crippen molar-refractivity contribution in [1.29, 1.82) is 0 Å². The van der Waals surface area contributed by atoms with Crippen LogP contribution in [0.3, 0.4) is 0 Å². The molecule has 1 aliphatic heterocycles. The van der Waals surface area contributed by atoms with Gasteiger partial charge in [0.1, 0.15) is 0 Å². The van der Waals surface area contributed by atoms with Crippen molar-refractivity contribution >= 4 is 11.6 Å². The molecule has 1 aromatic rings. The molecule has 2 atom stereocenters. The van der Waals surface area contributed by atoms with Crippen LogP contribution in [0.15, 0.2) is 24.3 Å². The molecule has 0 spiro atoms. The summed E-state index contributed by atoms with van der Waals surface area (Å²) in [5.74, 6) is 0.180. The Bertz CT molecular complexity index is 446. The first-order chi connectivity index (χ1) is 9.08. The number of hydrogen-bond acceptors (Lipinski definition) is 3. The van der Waals surface area contributed by atoms with E-state index in [1.807, 2.05) is 38.1 Å². The average Bonchev–Trinajstić information content (AvgIpc) is 2.54. The lowest BCUT2D eigenvalue weighted by atomic mass is 10.0. The Labute approximate surface area is 114 Å². The van der Waals surface area contributed by atoms with Crippen molar-refractivity contribution in [1.82, 2.24) is 5.32 Å². The molecule has 2 unspecified atom stereocenters. The Balaban J connectivity index is 1.97. The number of nitrogens with one attached hydrogen (secondary N) is 2. The van der Waals surface area contributed by atoms with Gasteiger partial charge in [-0.2, -0.15) is 0 Å². The van der Waals surface area contributed by atoms with E-state index < -0.39 is 6.10 Å². The summed E-state index contributed by atoms with van der Waals surface area (Å²) in [4.78, 5) is 12.1. The van der Waals surface area contributed by atoms with Crippen molar-refractivity contribution in [3.8, 4) is 0 Å². The standard InChI is InChI=1S/C15H22N2O2/c1-10(2)14(18)9-16-13-8-7-11-5-3-4-6-12(11)17-15(13)19/h3-6,10,13-14,16,18H,7-9H2,1-2H3,(H,17,19). The highest BCUT2D eigenvalue weighted by atomic mass is 16.3. The van der Waals surface area contributed by atoms with Crippen LogP contribution in [0.4, 0.5) is 5.69 Å². The molecule has 4 heteroatoms. The number of aryl methyl sites for hydroxylation is 1. The Morgan fingerprint density at radius 3 is 2.89 bits per heavy atom. The number of anilines is 1. The van der Waals surface area contributed by atoms with E-state index in [9.17, 15) is 9.90 Å². The number of carbonyl (C=O) groups excluding carboxylic acids is 1. The number of hydrogen-bond donors (Lipinski definition) is 3. The lowest BCUT2D eigenvalue weighted by Gasteiger charge is -2.20. The zero-order valence-electron chi connectivity index (χ0n) is 11.5. The van der Waals surface area contributed by atoms with Gasteiger partial charge in [0.2, 0.25) is 5.91 Å². The first-order valence-electron chi connectivity index (χ1n) is 6.88. The van der Waals surface area contributed by atoms with Crippen LogP contribution >= 0.6 is 0 Å². The largest absolute Gasteiger partial charge is 0.392 e. The van der Waals surface area contributed by atoms with E-state index in [1.165, 1.54) is 5.56 Å². The summed E-state index contributed by atoms with van der Waals surface area (Å²) in [6.45, 7) is 4.39. The predicted molar refractivity (Wildman–Crippen MR) is 76.0 cm³/mol. The minimum atomic E-state index is -0.418. The third-order valence-corrected chi connectivity index (χ3v) is 3.64. The molecular weight excluding hydrogens is 240 g/mol. The zero-order chi connectivity index (χ0) is 13.8. The smallest absolute Gasteiger partial charge is 0.241 e. The highest BCUT2D eigenvalue weighted by molar-refractivity contribution is 5.96. The van der Waals surface area contributed by atoms with Gasteiger partial charge < -0.3 is 15.7 Å². The van der Waals surface area contributed by atoms with Crippen molar-refractivity contribution in [2.45, 2.75) is 38.8 Å². The van der Waals surface area contributed by atoms with E-state index in [2.05, 4.69) is 10.6 Å². The van der Waals surface area contributed by atoms with Crippen LogP contribution in [0.2, 0.25) is 0 Å². The molecule has 104 valence electrons. The number of amides is 1. The third-order valence-electron chi connectivity index (χ3n) is 3.64. The van der Waals surface area contributed by atoms with Crippen molar-refractivity contribution in [2.24, 2.45) is 5.92 Å². The Kier molecular flexibility index (Phi) is 4.56. The fourth-order valence-electron chi connectivity index (χ4n) is 2.20. The van der Waals surface area contributed by atoms with Crippen molar-refractivity contribution in [3.63, 3.8) is 0 Å². The molecule has 4 nitrogen and oxygen atoms in total. The molecule has 0 saturated heterocycles. The number of rotatable bonds is 4. The number of carbonyl (C=O) groups is 1. The van der Waals surface area contributed by atoms with Gasteiger partial charge in [-0.3, -0.25) is 4.79 Å². The topological polar surface area (TPSA) is 61.4 Å². The van der Waals surface area contributed by atoms with E-state index in [1.54, 1.807) is 0 Å². The molecule has 1 aliphatic rings. The lowest BCUT2D eigenvalue weighted by molar-refractivity contribution is -0.118. The van der Waals surface area contributed by atoms with Gasteiger partial charge in [-0.1, -0.05) is 32.0 Å². The van der Waals surface area contributed by atoms with Gasteiger partial charge >= 0.3 is 0 Å². The second-order valence-electron chi connectivity index (χ2n) is 5.46. The second kappa shape index (κ2) is 6.17. The van der Waals surface area contributed by atoms with Crippen molar-refractivity contribution in [2.75, 3.05) is 11.9 Å². The van der Waals surface area contributed by atoms with Gasteiger partial charge in [0, 0.05) is 12.2 Å². The summed E-state index contributed by atoms with van der Waals surface area (Å²) in [6, 6.07) is 7.65. The van der Waals surface area contributed by atoms with Gasteiger partial charge in [0.25, 0.3) is 0 Å². The molecule has 1 amide bonds. The summed E-state index contributed by atoms with van der Waals surface area (Å²) in [6.07, 6.45) is 1.20. The third kappa shape index (κ3) is 3.55. The summed E-state index contributed by atoms with van der Waals surface area (Å²) in [5.41, 5.74) is 2.07. The summed E-state index contributed by atoms with van der Waals surface area (Å²) >= 11 is 0. The first kappa shape index (κ1) is 14.0. The minimum Gasteiger partial charge on any atom is -0.392 e. The van der Waals surface area contributed by atoms with Crippen LogP contribution in [0.25, 0.3) is 0 Å². The maximum Gasteiger partial charge on any atom is 0.241 e. The average molecular weight is 262 g/mol. The molecule has 0 aromatic heterocycles. The molecule has 0 fully saturated rings. The number of para-hydroxylation sites is 1. The maximum atomic E-state index is 12.1. The molecule has 0 saturated carbocycles. The Morgan fingerprint density at radius 2 is 2.16 bits per heavy atom. The van der Waals surface area contributed by atoms with Crippen LogP contribution in [0.5, 0.6) is 0 Å². The second-order valence-corrected chi connectivity index (χ2v) is 5.46. The molecule has 3 N–H and O–H groups in total. The van der Waals surface area contributed by atoms with Crippen LogP contribution in [-0.4, -0.2) is 29.7 Å². The van der Waals surface area contributed by atoms with Crippen LogP contribution in [0.1, 0.15) is 25.8 Å². The van der Waals surface area contributed by atoms with E-state index in [0.29, 0.717) is 6.54 Å². The Morgan fingerprint density at radius 1 is 1.42 bits per heavy atom. The molecule has 19 heavy (non-hydrogen) atoms. The van der Waals surface area contributed by atoms with Gasteiger partial charge in [0.05, 0.1) is 12.1 Å². The molecule has 0 bridgehead atoms. The number of aliphatic hydroxyl groups is 1. The maximum absolute atomic E-state index is 12.1. The highest BCUT2D eigenvalue weighted by Gasteiger charge is 2.23. The Hall–Kier alpha value is -1.39. The molecule has 1 heterocycles.